The van der Waals surface area contributed by atoms with Gasteiger partial charge in [-0.05, 0) is 34.5 Å². The third-order valence-electron chi connectivity index (χ3n) is 3.28. The van der Waals surface area contributed by atoms with E-state index in [0.717, 1.165) is 21.7 Å². The van der Waals surface area contributed by atoms with Crippen molar-refractivity contribution in [3.05, 3.63) is 75.7 Å². The smallest absolute Gasteiger partial charge is 0.0638 e. The molecule has 20 heavy (non-hydrogen) atoms. The molecule has 3 aromatic carbocycles. The van der Waals surface area contributed by atoms with Gasteiger partial charge in [0.15, 0.2) is 0 Å². The SMILES string of the molecule is Clc1ccc(Br)cc1NCc1cccc2ccccc12. The van der Waals surface area contributed by atoms with Gasteiger partial charge in [0.1, 0.15) is 0 Å². The van der Waals surface area contributed by atoms with Crippen molar-refractivity contribution in [2.75, 3.05) is 5.32 Å². The third kappa shape index (κ3) is 2.82. The summed E-state index contributed by atoms with van der Waals surface area (Å²) in [5.74, 6) is 0. The van der Waals surface area contributed by atoms with Gasteiger partial charge in [0, 0.05) is 11.0 Å². The number of halogens is 2. The fourth-order valence-corrected chi connectivity index (χ4v) is 2.82. The summed E-state index contributed by atoms with van der Waals surface area (Å²) < 4.78 is 1.02. The molecule has 0 aliphatic carbocycles. The Bertz CT molecular complexity index is 750. The van der Waals surface area contributed by atoms with Crippen LogP contribution in [0.4, 0.5) is 5.69 Å². The molecule has 0 atom stereocenters. The van der Waals surface area contributed by atoms with Crippen LogP contribution in [0.5, 0.6) is 0 Å². The van der Waals surface area contributed by atoms with Crippen LogP contribution in [-0.4, -0.2) is 0 Å². The fourth-order valence-electron chi connectivity index (χ4n) is 2.27. The van der Waals surface area contributed by atoms with E-state index in [-0.39, 0.29) is 0 Å². The van der Waals surface area contributed by atoms with E-state index in [1.807, 2.05) is 18.2 Å². The van der Waals surface area contributed by atoms with Crippen molar-refractivity contribution in [3.63, 3.8) is 0 Å². The van der Waals surface area contributed by atoms with Gasteiger partial charge in [0.2, 0.25) is 0 Å². The van der Waals surface area contributed by atoms with Crippen molar-refractivity contribution in [1.29, 1.82) is 0 Å². The van der Waals surface area contributed by atoms with Gasteiger partial charge in [-0.15, -0.1) is 0 Å². The summed E-state index contributed by atoms with van der Waals surface area (Å²) in [4.78, 5) is 0. The molecule has 1 N–H and O–H groups in total. The standard InChI is InChI=1S/C17H13BrClN/c18-14-8-9-16(19)17(10-14)20-11-13-6-3-5-12-4-1-2-7-15(12)13/h1-10,20H,11H2. The average molecular weight is 347 g/mol. The number of benzene rings is 3. The summed E-state index contributed by atoms with van der Waals surface area (Å²) in [5.41, 5.74) is 2.20. The minimum atomic E-state index is 0.730. The first-order valence-electron chi connectivity index (χ1n) is 6.39. The highest BCUT2D eigenvalue weighted by molar-refractivity contribution is 9.10. The first-order valence-corrected chi connectivity index (χ1v) is 7.57. The third-order valence-corrected chi connectivity index (χ3v) is 4.10. The van der Waals surface area contributed by atoms with Crippen molar-refractivity contribution in [1.82, 2.24) is 0 Å². The minimum Gasteiger partial charge on any atom is -0.380 e. The Hall–Kier alpha value is -1.51. The summed E-state index contributed by atoms with van der Waals surface area (Å²) in [6.07, 6.45) is 0. The van der Waals surface area contributed by atoms with E-state index in [0.29, 0.717) is 0 Å². The molecule has 0 fully saturated rings. The Morgan fingerprint density at radius 2 is 1.75 bits per heavy atom. The lowest BCUT2D eigenvalue weighted by molar-refractivity contribution is 1.17. The highest BCUT2D eigenvalue weighted by Gasteiger charge is 2.03. The van der Waals surface area contributed by atoms with Crippen LogP contribution >= 0.6 is 27.5 Å². The maximum Gasteiger partial charge on any atom is 0.0638 e. The zero-order valence-electron chi connectivity index (χ0n) is 10.7. The lowest BCUT2D eigenvalue weighted by Crippen LogP contribution is -2.00. The van der Waals surface area contributed by atoms with E-state index in [2.05, 4.69) is 63.7 Å². The van der Waals surface area contributed by atoms with Crippen molar-refractivity contribution >= 4 is 44.0 Å². The molecule has 0 radical (unpaired) electrons. The number of fused-ring (bicyclic) bond motifs is 1. The monoisotopic (exact) mass is 345 g/mol. The molecule has 0 aliphatic rings. The molecule has 100 valence electrons. The number of rotatable bonds is 3. The van der Waals surface area contributed by atoms with Crippen LogP contribution in [0.15, 0.2) is 65.1 Å². The molecule has 0 heterocycles. The van der Waals surface area contributed by atoms with Crippen LogP contribution in [0.2, 0.25) is 5.02 Å². The van der Waals surface area contributed by atoms with Gasteiger partial charge in [-0.3, -0.25) is 0 Å². The molecular weight excluding hydrogens is 334 g/mol. The van der Waals surface area contributed by atoms with Gasteiger partial charge in [0.05, 0.1) is 10.7 Å². The van der Waals surface area contributed by atoms with E-state index in [9.17, 15) is 0 Å². The molecule has 0 spiro atoms. The lowest BCUT2D eigenvalue weighted by Gasteiger charge is -2.11. The molecule has 0 aliphatic heterocycles. The molecule has 0 bridgehead atoms. The van der Waals surface area contributed by atoms with Crippen LogP contribution in [0.25, 0.3) is 10.8 Å². The first-order chi connectivity index (χ1) is 9.74. The number of hydrogen-bond acceptors (Lipinski definition) is 1. The largest absolute Gasteiger partial charge is 0.380 e. The van der Waals surface area contributed by atoms with Gasteiger partial charge in [-0.1, -0.05) is 70.0 Å². The predicted molar refractivity (Wildman–Crippen MR) is 90.4 cm³/mol. The van der Waals surface area contributed by atoms with Gasteiger partial charge < -0.3 is 5.32 Å². The fraction of sp³-hybridized carbons (Fsp3) is 0.0588. The van der Waals surface area contributed by atoms with E-state index >= 15 is 0 Å². The zero-order chi connectivity index (χ0) is 13.9. The predicted octanol–water partition coefficient (Wildman–Crippen LogP) is 5.87. The lowest BCUT2D eigenvalue weighted by atomic mass is 10.0. The summed E-state index contributed by atoms with van der Waals surface area (Å²) >= 11 is 9.66. The number of anilines is 1. The average Bonchev–Trinajstić information content (AvgIpc) is 2.48. The molecule has 0 saturated carbocycles. The Balaban J connectivity index is 1.89. The Morgan fingerprint density at radius 3 is 2.65 bits per heavy atom. The van der Waals surface area contributed by atoms with Crippen LogP contribution < -0.4 is 5.32 Å². The second kappa shape index (κ2) is 5.86. The van der Waals surface area contributed by atoms with Crippen molar-refractivity contribution < 1.29 is 0 Å². The molecule has 3 rings (SSSR count). The van der Waals surface area contributed by atoms with Crippen molar-refractivity contribution in [2.45, 2.75) is 6.54 Å². The summed E-state index contributed by atoms with van der Waals surface area (Å²) in [6.45, 7) is 0.748. The molecule has 0 aromatic heterocycles. The van der Waals surface area contributed by atoms with Crippen molar-refractivity contribution in [3.8, 4) is 0 Å². The van der Waals surface area contributed by atoms with Crippen LogP contribution in [-0.2, 0) is 6.54 Å². The maximum atomic E-state index is 6.20. The second-order valence-electron chi connectivity index (χ2n) is 4.62. The summed E-state index contributed by atoms with van der Waals surface area (Å²) in [5, 5.41) is 6.66. The van der Waals surface area contributed by atoms with Crippen LogP contribution in [0.1, 0.15) is 5.56 Å². The molecule has 3 aromatic rings. The molecule has 3 heteroatoms. The number of nitrogens with one attached hydrogen (secondary N) is 1. The zero-order valence-corrected chi connectivity index (χ0v) is 13.1. The van der Waals surface area contributed by atoms with Gasteiger partial charge in [0.25, 0.3) is 0 Å². The molecule has 1 nitrogen and oxygen atoms in total. The second-order valence-corrected chi connectivity index (χ2v) is 5.94. The quantitative estimate of drug-likeness (QED) is 0.625. The summed E-state index contributed by atoms with van der Waals surface area (Å²) in [6, 6.07) is 20.6. The molecule has 0 unspecified atom stereocenters. The van der Waals surface area contributed by atoms with E-state index in [1.165, 1.54) is 16.3 Å². The van der Waals surface area contributed by atoms with Crippen molar-refractivity contribution in [2.24, 2.45) is 0 Å². The highest BCUT2D eigenvalue weighted by atomic mass is 79.9. The molecule has 0 amide bonds. The molecule has 0 saturated heterocycles. The summed E-state index contributed by atoms with van der Waals surface area (Å²) in [7, 11) is 0. The van der Waals surface area contributed by atoms with Crippen LogP contribution in [0.3, 0.4) is 0 Å². The Labute approximate surface area is 131 Å². The van der Waals surface area contributed by atoms with Crippen LogP contribution in [0, 0.1) is 0 Å². The molecular formula is C17H13BrClN. The van der Waals surface area contributed by atoms with Gasteiger partial charge in [-0.25, -0.2) is 0 Å². The van der Waals surface area contributed by atoms with E-state index in [1.54, 1.807) is 0 Å². The van der Waals surface area contributed by atoms with E-state index < -0.39 is 0 Å². The Morgan fingerprint density at radius 1 is 0.950 bits per heavy atom. The normalized spacial score (nSPS) is 10.7. The topological polar surface area (TPSA) is 12.0 Å². The first kappa shape index (κ1) is 13.5. The Kier molecular flexibility index (Phi) is 3.95. The maximum absolute atomic E-state index is 6.20. The number of hydrogen-bond donors (Lipinski definition) is 1. The van der Waals surface area contributed by atoms with E-state index in [4.69, 9.17) is 11.6 Å². The van der Waals surface area contributed by atoms with Gasteiger partial charge >= 0.3 is 0 Å². The van der Waals surface area contributed by atoms with Gasteiger partial charge in [-0.2, -0.15) is 0 Å². The highest BCUT2D eigenvalue weighted by Crippen LogP contribution is 2.27. The minimum absolute atomic E-state index is 0.730.